The molecule has 1 rings (SSSR count). The third kappa shape index (κ3) is 2.84. The third-order valence-corrected chi connectivity index (χ3v) is 2.35. The predicted octanol–water partition coefficient (Wildman–Crippen LogP) is 1.74. The van der Waals surface area contributed by atoms with Gasteiger partial charge in [0.15, 0.2) is 0 Å². The van der Waals surface area contributed by atoms with Crippen LogP contribution in [-0.4, -0.2) is 35.0 Å². The van der Waals surface area contributed by atoms with Crippen LogP contribution in [0.15, 0.2) is 0 Å². The zero-order valence-electron chi connectivity index (χ0n) is 7.41. The minimum atomic E-state index is -5.13. The normalized spacial score (nSPS) is 20.9. The Kier molecular flexibility index (Phi) is 3.86. The Morgan fingerprint density at radius 1 is 1.19 bits per heavy atom. The first kappa shape index (κ1) is 14.1. The van der Waals surface area contributed by atoms with Gasteiger partial charge in [-0.1, -0.05) is 34.8 Å². The first-order valence-corrected chi connectivity index (χ1v) is 4.96. The maximum Gasteiger partial charge on any atom is 0.471 e. The molecule has 94 valence electrons. The summed E-state index contributed by atoms with van der Waals surface area (Å²) in [6, 6.07) is 0. The molecule has 0 aromatic heterocycles. The van der Waals surface area contributed by atoms with Crippen molar-refractivity contribution in [3.05, 3.63) is 0 Å². The van der Waals surface area contributed by atoms with Crippen molar-refractivity contribution >= 4 is 40.7 Å². The Morgan fingerprint density at radius 2 is 1.62 bits per heavy atom. The summed E-state index contributed by atoms with van der Waals surface area (Å²) in [5.74, 6) is -4.73. The molecule has 0 spiro atoms. The van der Waals surface area contributed by atoms with Crippen LogP contribution >= 0.6 is 34.8 Å². The van der Waals surface area contributed by atoms with Gasteiger partial charge in [-0.05, 0) is 0 Å². The molecule has 0 aromatic rings. The van der Waals surface area contributed by atoms with E-state index in [4.69, 9.17) is 44.3 Å². The monoisotopic (exact) mass is 301 g/mol. The molecule has 0 unspecified atom stereocenters. The van der Waals surface area contributed by atoms with Crippen molar-refractivity contribution in [1.82, 2.24) is 5.32 Å². The molecule has 0 radical (unpaired) electrons. The molecule has 0 aliphatic carbocycles. The van der Waals surface area contributed by atoms with Crippen LogP contribution in [0.4, 0.5) is 13.2 Å². The Hall–Kier alpha value is 0.0500. The van der Waals surface area contributed by atoms with Crippen LogP contribution in [0.2, 0.25) is 0 Å². The third-order valence-electron chi connectivity index (χ3n) is 1.60. The van der Waals surface area contributed by atoms with Gasteiger partial charge in [0.05, 0.1) is 13.2 Å². The average molecular weight is 302 g/mol. The lowest BCUT2D eigenvalue weighted by Crippen LogP contribution is -2.61. The Labute approximate surface area is 103 Å². The number of carbonyl (C=O) groups is 1. The maximum atomic E-state index is 12.0. The predicted molar refractivity (Wildman–Crippen MR) is 49.1 cm³/mol. The van der Waals surface area contributed by atoms with Crippen molar-refractivity contribution in [2.45, 2.75) is 15.9 Å². The SMILES string of the molecule is O=C(NC1(C(Cl)(Cl)Cl)OCCO1)C(F)(F)F. The van der Waals surface area contributed by atoms with E-state index in [0.717, 1.165) is 0 Å². The average Bonchev–Trinajstić information content (AvgIpc) is 2.50. The molecule has 1 amide bonds. The van der Waals surface area contributed by atoms with Crippen LogP contribution < -0.4 is 5.32 Å². The summed E-state index contributed by atoms with van der Waals surface area (Å²) in [5, 5.41) is 1.37. The van der Waals surface area contributed by atoms with Crippen molar-refractivity contribution < 1.29 is 27.4 Å². The van der Waals surface area contributed by atoms with Gasteiger partial charge in [-0.2, -0.15) is 13.2 Å². The lowest BCUT2D eigenvalue weighted by molar-refractivity contribution is -0.209. The zero-order chi connectivity index (χ0) is 12.6. The van der Waals surface area contributed by atoms with E-state index in [1.54, 1.807) is 0 Å². The van der Waals surface area contributed by atoms with Crippen LogP contribution in [0.1, 0.15) is 0 Å². The molecule has 1 aliphatic heterocycles. The van der Waals surface area contributed by atoms with Gasteiger partial charge in [0, 0.05) is 0 Å². The fourth-order valence-electron chi connectivity index (χ4n) is 0.939. The van der Waals surface area contributed by atoms with E-state index >= 15 is 0 Å². The molecule has 1 heterocycles. The first-order chi connectivity index (χ1) is 7.08. The number of alkyl halides is 6. The molecule has 0 atom stereocenters. The second-order valence-corrected chi connectivity index (χ2v) is 5.04. The second kappa shape index (κ2) is 4.38. The van der Waals surface area contributed by atoms with Crippen LogP contribution in [0.5, 0.6) is 0 Å². The Balaban J connectivity index is 2.86. The van der Waals surface area contributed by atoms with E-state index in [9.17, 15) is 18.0 Å². The van der Waals surface area contributed by atoms with E-state index in [1.807, 2.05) is 0 Å². The van der Waals surface area contributed by atoms with Crippen LogP contribution in [0, 0.1) is 0 Å². The van der Waals surface area contributed by atoms with E-state index in [1.165, 1.54) is 5.32 Å². The molecule has 0 aromatic carbocycles. The lowest BCUT2D eigenvalue weighted by atomic mass is 10.4. The van der Waals surface area contributed by atoms with Gasteiger partial charge in [-0.25, -0.2) is 0 Å². The highest BCUT2D eigenvalue weighted by Crippen LogP contribution is 2.42. The smallest absolute Gasteiger partial charge is 0.327 e. The molecule has 0 bridgehead atoms. The van der Waals surface area contributed by atoms with Gasteiger partial charge in [0.2, 0.25) is 0 Å². The van der Waals surface area contributed by atoms with Crippen molar-refractivity contribution in [3.63, 3.8) is 0 Å². The fraction of sp³-hybridized carbons (Fsp3) is 0.833. The molecule has 10 heteroatoms. The maximum absolute atomic E-state index is 12.0. The van der Waals surface area contributed by atoms with Gasteiger partial charge in [0.25, 0.3) is 3.79 Å². The molecule has 0 saturated carbocycles. The summed E-state index contributed by atoms with van der Waals surface area (Å²) in [5.41, 5.74) is 0. The number of hydrogen-bond donors (Lipinski definition) is 1. The molecule has 1 fully saturated rings. The summed E-state index contributed by atoms with van der Waals surface area (Å²) < 4.78 is 43.1. The van der Waals surface area contributed by atoms with E-state index in [-0.39, 0.29) is 13.2 Å². The topological polar surface area (TPSA) is 47.6 Å². The standard InChI is InChI=1S/C6H5Cl3F3NO3/c7-5(8,9)6(15-1-2-16-6)13-3(14)4(10,11)12/h1-2H2,(H,13,14). The molecule has 1 N–H and O–H groups in total. The molecule has 4 nitrogen and oxygen atoms in total. The minimum Gasteiger partial charge on any atom is -0.327 e. The summed E-state index contributed by atoms with van der Waals surface area (Å²) in [6.45, 7) is -0.210. The van der Waals surface area contributed by atoms with Gasteiger partial charge in [-0.15, -0.1) is 0 Å². The number of ether oxygens (including phenoxy) is 2. The van der Waals surface area contributed by atoms with E-state index < -0.39 is 21.8 Å². The highest BCUT2D eigenvalue weighted by molar-refractivity contribution is 6.68. The number of amides is 1. The lowest BCUT2D eigenvalue weighted by Gasteiger charge is -2.33. The first-order valence-electron chi connectivity index (χ1n) is 3.82. The molecular formula is C6H5Cl3F3NO3. The largest absolute Gasteiger partial charge is 0.471 e. The van der Waals surface area contributed by atoms with Crippen molar-refractivity contribution in [1.29, 1.82) is 0 Å². The van der Waals surface area contributed by atoms with Crippen LogP contribution in [-0.2, 0) is 14.3 Å². The van der Waals surface area contributed by atoms with Gasteiger partial charge in [0.1, 0.15) is 0 Å². The Bertz CT molecular complexity index is 285. The minimum absolute atomic E-state index is 0.105. The van der Waals surface area contributed by atoms with E-state index in [2.05, 4.69) is 0 Å². The molecular weight excluding hydrogens is 297 g/mol. The summed E-state index contributed by atoms with van der Waals surface area (Å²) in [6.07, 6.45) is -5.13. The molecule has 16 heavy (non-hydrogen) atoms. The number of hydrogen-bond acceptors (Lipinski definition) is 3. The Morgan fingerprint density at radius 3 is 1.94 bits per heavy atom. The number of carbonyl (C=O) groups excluding carboxylic acids is 1. The van der Waals surface area contributed by atoms with Gasteiger partial charge >= 0.3 is 18.0 Å². The highest BCUT2D eigenvalue weighted by Gasteiger charge is 2.58. The summed E-state index contributed by atoms with van der Waals surface area (Å²) in [4.78, 5) is 10.7. The quantitative estimate of drug-likeness (QED) is 0.751. The number of rotatable bonds is 1. The second-order valence-electron chi connectivity index (χ2n) is 2.76. The number of halogens is 6. The van der Waals surface area contributed by atoms with E-state index in [0.29, 0.717) is 0 Å². The van der Waals surface area contributed by atoms with Crippen LogP contribution in [0.3, 0.4) is 0 Å². The van der Waals surface area contributed by atoms with Crippen molar-refractivity contribution in [2.75, 3.05) is 13.2 Å². The van der Waals surface area contributed by atoms with Gasteiger partial charge < -0.3 is 9.47 Å². The zero-order valence-corrected chi connectivity index (χ0v) is 9.67. The van der Waals surface area contributed by atoms with Gasteiger partial charge in [-0.3, -0.25) is 10.1 Å². The molecule has 1 aliphatic rings. The fourth-order valence-corrected chi connectivity index (χ4v) is 1.41. The summed E-state index contributed by atoms with van der Waals surface area (Å²) >= 11 is 16.2. The highest BCUT2D eigenvalue weighted by atomic mass is 35.6. The number of nitrogens with one attached hydrogen (secondary N) is 1. The van der Waals surface area contributed by atoms with Crippen LogP contribution in [0.25, 0.3) is 0 Å². The summed E-state index contributed by atoms with van der Waals surface area (Å²) in [7, 11) is 0. The van der Waals surface area contributed by atoms with Crippen molar-refractivity contribution in [2.24, 2.45) is 0 Å². The molecule has 1 saturated heterocycles. The van der Waals surface area contributed by atoms with Crippen molar-refractivity contribution in [3.8, 4) is 0 Å².